The SMILES string of the molecule is O=C(OCc1cccnc1)c1cccs1. The van der Waals surface area contributed by atoms with Crippen LogP contribution in [0.25, 0.3) is 0 Å². The van der Waals surface area contributed by atoms with Crippen LogP contribution in [0.2, 0.25) is 0 Å². The molecule has 0 aromatic carbocycles. The van der Waals surface area contributed by atoms with Gasteiger partial charge in [-0.3, -0.25) is 4.98 Å². The number of carbonyl (C=O) groups excluding carboxylic acids is 1. The summed E-state index contributed by atoms with van der Waals surface area (Å²) in [5.41, 5.74) is 0.891. The fraction of sp³-hybridized carbons (Fsp3) is 0.0909. The molecular formula is C11H9NO2S. The van der Waals surface area contributed by atoms with Crippen molar-refractivity contribution in [3.05, 3.63) is 52.5 Å². The van der Waals surface area contributed by atoms with Gasteiger partial charge in [0, 0.05) is 18.0 Å². The maximum atomic E-state index is 11.4. The van der Waals surface area contributed by atoms with E-state index in [1.54, 1.807) is 18.5 Å². The first-order valence-corrected chi connectivity index (χ1v) is 5.34. The normalized spacial score (nSPS) is 9.87. The number of hydrogen-bond acceptors (Lipinski definition) is 4. The zero-order valence-corrected chi connectivity index (χ0v) is 8.74. The number of ether oxygens (including phenoxy) is 1. The largest absolute Gasteiger partial charge is 0.457 e. The average molecular weight is 219 g/mol. The molecule has 0 fully saturated rings. The van der Waals surface area contributed by atoms with Crippen molar-refractivity contribution in [2.45, 2.75) is 6.61 Å². The molecular weight excluding hydrogens is 210 g/mol. The van der Waals surface area contributed by atoms with E-state index in [1.165, 1.54) is 11.3 Å². The van der Waals surface area contributed by atoms with Crippen molar-refractivity contribution in [2.75, 3.05) is 0 Å². The highest BCUT2D eigenvalue weighted by Gasteiger charge is 2.07. The summed E-state index contributed by atoms with van der Waals surface area (Å²) in [4.78, 5) is 16.0. The van der Waals surface area contributed by atoms with Crippen molar-refractivity contribution in [3.63, 3.8) is 0 Å². The fourth-order valence-electron chi connectivity index (χ4n) is 1.10. The van der Waals surface area contributed by atoms with E-state index in [4.69, 9.17) is 4.74 Å². The summed E-state index contributed by atoms with van der Waals surface area (Å²) in [6.45, 7) is 0.268. The molecule has 76 valence electrons. The van der Waals surface area contributed by atoms with Crippen LogP contribution in [0.4, 0.5) is 0 Å². The van der Waals surface area contributed by atoms with E-state index in [2.05, 4.69) is 4.98 Å². The van der Waals surface area contributed by atoms with Gasteiger partial charge in [0.05, 0.1) is 0 Å². The Morgan fingerprint density at radius 1 is 1.40 bits per heavy atom. The summed E-state index contributed by atoms with van der Waals surface area (Å²) in [6.07, 6.45) is 3.37. The molecule has 2 aromatic heterocycles. The Morgan fingerprint density at radius 3 is 3.00 bits per heavy atom. The molecule has 0 bridgehead atoms. The van der Waals surface area contributed by atoms with Gasteiger partial charge >= 0.3 is 5.97 Å². The van der Waals surface area contributed by atoms with E-state index in [9.17, 15) is 4.79 Å². The van der Waals surface area contributed by atoms with Gasteiger partial charge in [-0.05, 0) is 17.5 Å². The van der Waals surface area contributed by atoms with E-state index >= 15 is 0 Å². The number of esters is 1. The summed E-state index contributed by atoms with van der Waals surface area (Å²) in [5, 5.41) is 1.85. The third-order valence-corrected chi connectivity index (χ3v) is 2.66. The Morgan fingerprint density at radius 2 is 2.33 bits per heavy atom. The first-order chi connectivity index (χ1) is 7.36. The molecule has 15 heavy (non-hydrogen) atoms. The van der Waals surface area contributed by atoms with Crippen LogP contribution in [-0.4, -0.2) is 11.0 Å². The number of thiophene rings is 1. The predicted molar refractivity (Wildman–Crippen MR) is 57.7 cm³/mol. The van der Waals surface area contributed by atoms with E-state index in [-0.39, 0.29) is 12.6 Å². The molecule has 2 rings (SSSR count). The third-order valence-electron chi connectivity index (χ3n) is 1.82. The third kappa shape index (κ3) is 2.63. The Hall–Kier alpha value is -1.68. The Labute approximate surface area is 91.4 Å². The first kappa shape index (κ1) is 9.86. The molecule has 0 spiro atoms. The molecule has 0 unspecified atom stereocenters. The zero-order valence-electron chi connectivity index (χ0n) is 7.92. The van der Waals surface area contributed by atoms with Crippen LogP contribution in [0.1, 0.15) is 15.2 Å². The van der Waals surface area contributed by atoms with Crippen molar-refractivity contribution in [2.24, 2.45) is 0 Å². The summed E-state index contributed by atoms with van der Waals surface area (Å²) in [5.74, 6) is -0.283. The summed E-state index contributed by atoms with van der Waals surface area (Å²) < 4.78 is 5.10. The molecule has 3 nitrogen and oxygen atoms in total. The first-order valence-electron chi connectivity index (χ1n) is 4.46. The lowest BCUT2D eigenvalue weighted by atomic mass is 10.3. The van der Waals surface area contributed by atoms with Gasteiger partial charge in [0.25, 0.3) is 0 Å². The smallest absolute Gasteiger partial charge is 0.348 e. The fourth-order valence-corrected chi connectivity index (χ4v) is 1.71. The average Bonchev–Trinajstić information content (AvgIpc) is 2.81. The molecule has 0 atom stereocenters. The van der Waals surface area contributed by atoms with Gasteiger partial charge < -0.3 is 4.74 Å². The Bertz CT molecular complexity index is 425. The van der Waals surface area contributed by atoms with Crippen molar-refractivity contribution >= 4 is 17.3 Å². The number of hydrogen-bond donors (Lipinski definition) is 0. The second kappa shape index (κ2) is 4.70. The molecule has 2 aromatic rings. The molecule has 2 heterocycles. The zero-order chi connectivity index (χ0) is 10.5. The molecule has 4 heteroatoms. The number of nitrogens with zero attached hydrogens (tertiary/aromatic N) is 1. The molecule has 0 radical (unpaired) electrons. The molecule has 0 amide bonds. The lowest BCUT2D eigenvalue weighted by Gasteiger charge is -2.02. The van der Waals surface area contributed by atoms with Crippen molar-refractivity contribution < 1.29 is 9.53 Å². The van der Waals surface area contributed by atoms with E-state index in [1.807, 2.05) is 23.6 Å². The summed E-state index contributed by atoms with van der Waals surface area (Å²) in [7, 11) is 0. The summed E-state index contributed by atoms with van der Waals surface area (Å²) >= 11 is 1.38. The predicted octanol–water partition coefficient (Wildman–Crippen LogP) is 2.50. The standard InChI is InChI=1S/C11H9NO2S/c13-11(10-4-2-6-15-10)14-8-9-3-1-5-12-7-9/h1-7H,8H2. The van der Waals surface area contributed by atoms with Gasteiger partial charge in [0.15, 0.2) is 0 Å². The van der Waals surface area contributed by atoms with E-state index in [0.29, 0.717) is 4.88 Å². The highest BCUT2D eigenvalue weighted by Crippen LogP contribution is 2.11. The van der Waals surface area contributed by atoms with Gasteiger partial charge in [-0.1, -0.05) is 12.1 Å². The molecule has 0 saturated carbocycles. The van der Waals surface area contributed by atoms with Crippen molar-refractivity contribution in [3.8, 4) is 0 Å². The summed E-state index contributed by atoms with van der Waals surface area (Å²) in [6, 6.07) is 7.25. The molecule has 0 N–H and O–H groups in total. The molecule has 0 aliphatic heterocycles. The lowest BCUT2D eigenvalue weighted by Crippen LogP contribution is -2.03. The van der Waals surface area contributed by atoms with Gasteiger partial charge in [-0.25, -0.2) is 4.79 Å². The van der Waals surface area contributed by atoms with E-state index in [0.717, 1.165) is 5.56 Å². The van der Waals surface area contributed by atoms with Crippen LogP contribution in [0.5, 0.6) is 0 Å². The second-order valence-electron chi connectivity index (χ2n) is 2.91. The van der Waals surface area contributed by atoms with E-state index < -0.39 is 0 Å². The van der Waals surface area contributed by atoms with Crippen LogP contribution in [0.3, 0.4) is 0 Å². The van der Waals surface area contributed by atoms with Gasteiger partial charge in [-0.15, -0.1) is 11.3 Å². The Kier molecular flexibility index (Phi) is 3.09. The monoisotopic (exact) mass is 219 g/mol. The quantitative estimate of drug-likeness (QED) is 0.744. The minimum atomic E-state index is -0.283. The van der Waals surface area contributed by atoms with Gasteiger partial charge in [0.1, 0.15) is 11.5 Å². The van der Waals surface area contributed by atoms with Crippen molar-refractivity contribution in [1.82, 2.24) is 4.98 Å². The van der Waals surface area contributed by atoms with Crippen LogP contribution in [0.15, 0.2) is 42.0 Å². The van der Waals surface area contributed by atoms with Crippen molar-refractivity contribution in [1.29, 1.82) is 0 Å². The second-order valence-corrected chi connectivity index (χ2v) is 3.86. The lowest BCUT2D eigenvalue weighted by molar-refractivity contribution is 0.0478. The number of aromatic nitrogens is 1. The van der Waals surface area contributed by atoms with Crippen LogP contribution >= 0.6 is 11.3 Å². The highest BCUT2D eigenvalue weighted by molar-refractivity contribution is 7.11. The van der Waals surface area contributed by atoms with Gasteiger partial charge in [0.2, 0.25) is 0 Å². The minimum Gasteiger partial charge on any atom is -0.457 e. The minimum absolute atomic E-state index is 0.268. The number of carbonyl (C=O) groups is 1. The molecule has 0 aliphatic carbocycles. The van der Waals surface area contributed by atoms with Crippen LogP contribution in [0, 0.1) is 0 Å². The van der Waals surface area contributed by atoms with Gasteiger partial charge in [-0.2, -0.15) is 0 Å². The molecule has 0 saturated heterocycles. The maximum absolute atomic E-state index is 11.4. The molecule has 0 aliphatic rings. The number of rotatable bonds is 3. The number of pyridine rings is 1. The Balaban J connectivity index is 1.92. The maximum Gasteiger partial charge on any atom is 0.348 e. The van der Waals surface area contributed by atoms with Crippen LogP contribution in [-0.2, 0) is 11.3 Å². The topological polar surface area (TPSA) is 39.2 Å². The highest BCUT2D eigenvalue weighted by atomic mass is 32.1. The van der Waals surface area contributed by atoms with Crippen LogP contribution < -0.4 is 0 Å².